The predicted octanol–water partition coefficient (Wildman–Crippen LogP) is 1.88. The summed E-state index contributed by atoms with van der Waals surface area (Å²) in [7, 11) is 0. The molecule has 0 spiro atoms. The molecule has 1 heterocycles. The number of carbonyl (C=O) groups is 1. The first-order chi connectivity index (χ1) is 10.0. The van der Waals surface area contributed by atoms with Crippen LogP contribution < -0.4 is 11.1 Å². The highest BCUT2D eigenvalue weighted by Gasteiger charge is 2.12. The van der Waals surface area contributed by atoms with Gasteiger partial charge in [0.2, 0.25) is 0 Å². The third-order valence-electron chi connectivity index (χ3n) is 2.74. The maximum atomic E-state index is 13.9. The van der Waals surface area contributed by atoms with E-state index in [-0.39, 0.29) is 22.8 Å². The molecular weight excluding hydrogens is 275 g/mol. The molecule has 108 valence electrons. The van der Waals surface area contributed by atoms with E-state index in [2.05, 4.69) is 15.5 Å². The van der Waals surface area contributed by atoms with Crippen molar-refractivity contribution in [2.24, 2.45) is 10.9 Å². The number of nitrogens with two attached hydrogens (primary N) is 1. The first-order valence-electron chi connectivity index (χ1n) is 6.03. The van der Waals surface area contributed by atoms with Crippen molar-refractivity contribution >= 4 is 17.4 Å². The van der Waals surface area contributed by atoms with Gasteiger partial charge >= 0.3 is 0 Å². The van der Waals surface area contributed by atoms with Crippen LogP contribution in [0.1, 0.15) is 21.7 Å². The molecule has 1 aromatic carbocycles. The van der Waals surface area contributed by atoms with Crippen molar-refractivity contribution in [2.75, 3.05) is 5.32 Å². The number of benzene rings is 1. The summed E-state index contributed by atoms with van der Waals surface area (Å²) >= 11 is 0. The summed E-state index contributed by atoms with van der Waals surface area (Å²) < 4.78 is 13.9. The Bertz CT molecular complexity index is 716. The molecule has 0 radical (unpaired) electrons. The third kappa shape index (κ3) is 3.33. The molecule has 4 N–H and O–H groups in total. The highest BCUT2D eigenvalue weighted by atomic mass is 19.1. The number of amides is 1. The molecule has 1 aromatic heterocycles. The summed E-state index contributed by atoms with van der Waals surface area (Å²) in [6.45, 7) is 1.75. The number of rotatable bonds is 3. The van der Waals surface area contributed by atoms with E-state index >= 15 is 0 Å². The Morgan fingerprint density at radius 3 is 2.76 bits per heavy atom. The molecule has 2 aromatic rings. The van der Waals surface area contributed by atoms with Crippen molar-refractivity contribution in [1.82, 2.24) is 4.98 Å². The number of nitrogens with one attached hydrogen (secondary N) is 1. The highest BCUT2D eigenvalue weighted by Crippen LogP contribution is 2.16. The van der Waals surface area contributed by atoms with Gasteiger partial charge in [0.1, 0.15) is 11.5 Å². The normalized spacial score (nSPS) is 11.2. The molecule has 1 amide bonds. The highest BCUT2D eigenvalue weighted by molar-refractivity contribution is 6.03. The number of nitrogens with zero attached hydrogens (tertiary/aromatic N) is 2. The van der Waals surface area contributed by atoms with Crippen molar-refractivity contribution in [3.05, 3.63) is 59.2 Å². The van der Waals surface area contributed by atoms with Crippen LogP contribution in [-0.4, -0.2) is 21.9 Å². The van der Waals surface area contributed by atoms with Crippen LogP contribution in [0.15, 0.2) is 41.6 Å². The SMILES string of the molecule is Cc1cccc(C(=O)Nc2ccc(/C(N)=N/O)cc2F)n1. The molecule has 2 rings (SSSR count). The van der Waals surface area contributed by atoms with Crippen LogP contribution in [0.4, 0.5) is 10.1 Å². The minimum atomic E-state index is -0.694. The maximum Gasteiger partial charge on any atom is 0.274 e. The van der Waals surface area contributed by atoms with Crippen LogP contribution in [0.2, 0.25) is 0 Å². The second-order valence-corrected chi connectivity index (χ2v) is 4.30. The van der Waals surface area contributed by atoms with Crippen molar-refractivity contribution in [3.8, 4) is 0 Å². The van der Waals surface area contributed by atoms with E-state index in [1.165, 1.54) is 18.2 Å². The molecule has 0 saturated heterocycles. The van der Waals surface area contributed by atoms with E-state index in [4.69, 9.17) is 10.9 Å². The van der Waals surface area contributed by atoms with E-state index in [9.17, 15) is 9.18 Å². The van der Waals surface area contributed by atoms with Gasteiger partial charge in [-0.1, -0.05) is 11.2 Å². The van der Waals surface area contributed by atoms with E-state index < -0.39 is 11.7 Å². The molecule has 0 atom stereocenters. The number of hydrogen-bond donors (Lipinski definition) is 3. The molecule has 0 aliphatic carbocycles. The van der Waals surface area contributed by atoms with Crippen LogP contribution in [0.3, 0.4) is 0 Å². The summed E-state index contributed by atoms with van der Waals surface area (Å²) in [4.78, 5) is 16.0. The van der Waals surface area contributed by atoms with Crippen LogP contribution in [-0.2, 0) is 0 Å². The largest absolute Gasteiger partial charge is 0.409 e. The number of aromatic nitrogens is 1. The molecule has 6 nitrogen and oxygen atoms in total. The average Bonchev–Trinajstić information content (AvgIpc) is 2.48. The summed E-state index contributed by atoms with van der Waals surface area (Å²) in [5, 5.41) is 13.7. The Hall–Kier alpha value is -2.96. The summed E-state index contributed by atoms with van der Waals surface area (Å²) in [6.07, 6.45) is 0. The van der Waals surface area contributed by atoms with Gasteiger partial charge in [-0.25, -0.2) is 9.37 Å². The van der Waals surface area contributed by atoms with E-state index in [0.717, 1.165) is 6.07 Å². The van der Waals surface area contributed by atoms with Gasteiger partial charge in [0.05, 0.1) is 5.69 Å². The number of carbonyl (C=O) groups excluding carboxylic acids is 1. The summed E-state index contributed by atoms with van der Waals surface area (Å²) in [5.41, 5.74) is 6.43. The topological polar surface area (TPSA) is 101 Å². The Kier molecular flexibility index (Phi) is 4.13. The minimum absolute atomic E-state index is 0.0159. The summed E-state index contributed by atoms with van der Waals surface area (Å²) in [6, 6.07) is 8.80. The zero-order chi connectivity index (χ0) is 15.4. The lowest BCUT2D eigenvalue weighted by Crippen LogP contribution is -2.16. The number of pyridine rings is 1. The maximum absolute atomic E-state index is 13.9. The molecule has 0 unspecified atom stereocenters. The monoisotopic (exact) mass is 288 g/mol. The number of aryl methyl sites for hydroxylation is 1. The van der Waals surface area contributed by atoms with Gasteiger partial charge in [0, 0.05) is 11.3 Å². The van der Waals surface area contributed by atoms with Gasteiger partial charge in [-0.2, -0.15) is 0 Å². The lowest BCUT2D eigenvalue weighted by Gasteiger charge is -2.07. The molecular formula is C14H13FN4O2. The fraction of sp³-hybridized carbons (Fsp3) is 0.0714. The first kappa shape index (κ1) is 14.4. The lowest BCUT2D eigenvalue weighted by atomic mass is 10.2. The molecule has 7 heteroatoms. The number of halogens is 1. The van der Waals surface area contributed by atoms with Crippen molar-refractivity contribution < 1.29 is 14.4 Å². The van der Waals surface area contributed by atoms with Crippen LogP contribution in [0.5, 0.6) is 0 Å². The Labute approximate surface area is 120 Å². The number of amidine groups is 1. The zero-order valence-corrected chi connectivity index (χ0v) is 11.2. The van der Waals surface area contributed by atoms with Crippen LogP contribution in [0, 0.1) is 12.7 Å². The molecule has 0 aliphatic heterocycles. The standard InChI is InChI=1S/C14H13FN4O2/c1-8-3-2-4-12(17-8)14(20)18-11-6-5-9(7-10(11)15)13(16)19-21/h2-7,21H,1H3,(H2,16,19)(H,18,20). The Morgan fingerprint density at radius 2 is 2.14 bits per heavy atom. The van der Waals surface area contributed by atoms with Crippen molar-refractivity contribution in [3.63, 3.8) is 0 Å². The lowest BCUT2D eigenvalue weighted by molar-refractivity contribution is 0.102. The van der Waals surface area contributed by atoms with E-state index in [1.54, 1.807) is 19.1 Å². The molecule has 0 aliphatic rings. The molecule has 0 saturated carbocycles. The average molecular weight is 288 g/mol. The van der Waals surface area contributed by atoms with Crippen molar-refractivity contribution in [1.29, 1.82) is 0 Å². The predicted molar refractivity (Wildman–Crippen MR) is 75.8 cm³/mol. The van der Waals surface area contributed by atoms with Gasteiger partial charge in [0.25, 0.3) is 5.91 Å². The third-order valence-corrected chi connectivity index (χ3v) is 2.74. The van der Waals surface area contributed by atoms with Crippen LogP contribution >= 0.6 is 0 Å². The number of hydrogen-bond acceptors (Lipinski definition) is 4. The zero-order valence-electron chi connectivity index (χ0n) is 11.2. The van der Waals surface area contributed by atoms with Gasteiger partial charge < -0.3 is 16.3 Å². The second-order valence-electron chi connectivity index (χ2n) is 4.30. The minimum Gasteiger partial charge on any atom is -0.409 e. The van der Waals surface area contributed by atoms with Crippen LogP contribution in [0.25, 0.3) is 0 Å². The van der Waals surface area contributed by atoms with Gasteiger partial charge in [-0.15, -0.1) is 0 Å². The Morgan fingerprint density at radius 1 is 1.38 bits per heavy atom. The molecule has 0 bridgehead atoms. The van der Waals surface area contributed by atoms with Gasteiger partial charge in [-0.05, 0) is 37.3 Å². The quantitative estimate of drug-likeness (QED) is 0.347. The Balaban J connectivity index is 2.22. The molecule has 21 heavy (non-hydrogen) atoms. The fourth-order valence-electron chi connectivity index (χ4n) is 1.69. The summed E-state index contributed by atoms with van der Waals surface area (Å²) in [5.74, 6) is -1.43. The second kappa shape index (κ2) is 6.00. The number of oxime groups is 1. The van der Waals surface area contributed by atoms with Gasteiger partial charge in [0.15, 0.2) is 5.84 Å². The smallest absolute Gasteiger partial charge is 0.274 e. The fourth-order valence-corrected chi connectivity index (χ4v) is 1.69. The van der Waals surface area contributed by atoms with E-state index in [0.29, 0.717) is 5.69 Å². The van der Waals surface area contributed by atoms with Gasteiger partial charge in [-0.3, -0.25) is 4.79 Å². The first-order valence-corrected chi connectivity index (χ1v) is 6.03. The van der Waals surface area contributed by atoms with Crippen molar-refractivity contribution in [2.45, 2.75) is 6.92 Å². The number of anilines is 1. The van der Waals surface area contributed by atoms with E-state index in [1.807, 2.05) is 0 Å². The molecule has 0 fully saturated rings.